The average Bonchev–Trinajstić information content (AvgIpc) is 2.44. The van der Waals surface area contributed by atoms with Crippen molar-refractivity contribution in [3.05, 3.63) is 71.3 Å². The second-order valence-corrected chi connectivity index (χ2v) is 4.20. The Kier molecular flexibility index (Phi) is 2.69. The molecule has 0 spiro atoms. The molecule has 0 fully saturated rings. The molecule has 0 saturated heterocycles. The topological polar surface area (TPSA) is 26.3 Å². The molecule has 0 bridgehead atoms. The molecule has 0 aliphatic carbocycles. The molecule has 2 heteroatoms. The lowest BCUT2D eigenvalue weighted by molar-refractivity contribution is 0.0544. The Bertz CT molecular complexity index is 612. The summed E-state index contributed by atoms with van der Waals surface area (Å²) < 4.78 is 5.18. The Morgan fingerprint density at radius 3 is 2.33 bits per heavy atom. The Balaban J connectivity index is 2.08. The zero-order valence-corrected chi connectivity index (χ0v) is 9.80. The normalized spacial score (nSPS) is 16.2. The minimum atomic E-state index is -0.240. The van der Waals surface area contributed by atoms with E-state index in [0.717, 1.165) is 16.7 Å². The highest BCUT2D eigenvalue weighted by Crippen LogP contribution is 2.27. The first-order chi connectivity index (χ1) is 8.84. The highest BCUT2D eigenvalue weighted by atomic mass is 16.5. The fraction of sp³-hybridized carbons (Fsp3) is 0.0625. The molecule has 1 aliphatic heterocycles. The van der Waals surface area contributed by atoms with Gasteiger partial charge in [-0.1, -0.05) is 48.5 Å². The van der Waals surface area contributed by atoms with Crippen LogP contribution in [0.1, 0.15) is 21.5 Å². The third-order valence-electron chi connectivity index (χ3n) is 2.99. The van der Waals surface area contributed by atoms with Crippen molar-refractivity contribution in [2.75, 3.05) is 6.61 Å². The number of ether oxygens (including phenoxy) is 1. The van der Waals surface area contributed by atoms with Crippen LogP contribution in [-0.4, -0.2) is 12.6 Å². The van der Waals surface area contributed by atoms with Gasteiger partial charge in [0.05, 0.1) is 5.56 Å². The van der Waals surface area contributed by atoms with Crippen LogP contribution in [-0.2, 0) is 4.74 Å². The third kappa shape index (κ3) is 1.93. The molecular weight excluding hydrogens is 224 g/mol. The molecule has 2 aromatic rings. The first-order valence-corrected chi connectivity index (χ1v) is 5.87. The molecule has 88 valence electrons. The van der Waals surface area contributed by atoms with Gasteiger partial charge < -0.3 is 4.74 Å². The number of carbonyl (C=O) groups is 1. The summed E-state index contributed by atoms with van der Waals surface area (Å²) in [7, 11) is 0. The van der Waals surface area contributed by atoms with E-state index in [0.29, 0.717) is 12.2 Å². The van der Waals surface area contributed by atoms with Crippen molar-refractivity contribution in [1.29, 1.82) is 0 Å². The third-order valence-corrected chi connectivity index (χ3v) is 2.99. The lowest BCUT2D eigenvalue weighted by Crippen LogP contribution is -2.16. The maximum Gasteiger partial charge on any atom is 0.339 e. The van der Waals surface area contributed by atoms with Gasteiger partial charge >= 0.3 is 5.97 Å². The molecule has 0 unspecified atom stereocenters. The molecule has 0 aromatic heterocycles. The van der Waals surface area contributed by atoms with E-state index >= 15 is 0 Å². The lowest BCUT2D eigenvalue weighted by Gasteiger charge is -2.18. The molecule has 18 heavy (non-hydrogen) atoms. The van der Waals surface area contributed by atoms with Gasteiger partial charge in [-0.15, -0.1) is 0 Å². The number of hydrogen-bond acceptors (Lipinski definition) is 2. The van der Waals surface area contributed by atoms with Gasteiger partial charge in [-0.2, -0.15) is 0 Å². The highest BCUT2D eigenvalue weighted by Gasteiger charge is 2.21. The summed E-state index contributed by atoms with van der Waals surface area (Å²) in [6.45, 7) is 0.338. The molecule has 0 saturated carbocycles. The van der Waals surface area contributed by atoms with Crippen LogP contribution in [0, 0.1) is 0 Å². The standard InChI is InChI=1S/C16H12O2/c17-16-15-9-5-4-8-14(15)13(11-18-16)10-12-6-2-1-3-7-12/h1-10H,11H2/b13-10-. The van der Waals surface area contributed by atoms with Crippen LogP contribution < -0.4 is 0 Å². The zero-order chi connectivity index (χ0) is 12.4. The maximum absolute atomic E-state index is 11.6. The van der Waals surface area contributed by atoms with Crippen molar-refractivity contribution in [1.82, 2.24) is 0 Å². The monoisotopic (exact) mass is 236 g/mol. The predicted molar refractivity (Wildman–Crippen MR) is 71.0 cm³/mol. The van der Waals surface area contributed by atoms with Crippen molar-refractivity contribution in [2.45, 2.75) is 0 Å². The van der Waals surface area contributed by atoms with E-state index in [1.807, 2.05) is 48.5 Å². The number of rotatable bonds is 1. The number of carbonyl (C=O) groups excluding carboxylic acids is 1. The molecule has 3 rings (SSSR count). The quantitative estimate of drug-likeness (QED) is 0.709. The smallest absolute Gasteiger partial charge is 0.339 e. The molecule has 0 radical (unpaired) electrons. The van der Waals surface area contributed by atoms with E-state index in [-0.39, 0.29) is 5.97 Å². The van der Waals surface area contributed by atoms with Crippen molar-refractivity contribution in [3.63, 3.8) is 0 Å². The van der Waals surface area contributed by atoms with Crippen molar-refractivity contribution in [2.24, 2.45) is 0 Å². The van der Waals surface area contributed by atoms with E-state index in [2.05, 4.69) is 6.08 Å². The Hall–Kier alpha value is -2.35. The van der Waals surface area contributed by atoms with E-state index in [1.54, 1.807) is 6.07 Å². The van der Waals surface area contributed by atoms with Crippen molar-refractivity contribution in [3.8, 4) is 0 Å². The van der Waals surface area contributed by atoms with Crippen LogP contribution in [0.2, 0.25) is 0 Å². The van der Waals surface area contributed by atoms with Crippen molar-refractivity contribution < 1.29 is 9.53 Å². The summed E-state index contributed by atoms with van der Waals surface area (Å²) >= 11 is 0. The number of cyclic esters (lactones) is 1. The molecule has 1 aliphatic rings. The van der Waals surface area contributed by atoms with Gasteiger partial charge in [0, 0.05) is 0 Å². The fourth-order valence-electron chi connectivity index (χ4n) is 2.11. The summed E-state index contributed by atoms with van der Waals surface area (Å²) in [6.07, 6.45) is 2.06. The van der Waals surface area contributed by atoms with E-state index in [9.17, 15) is 4.79 Å². The average molecular weight is 236 g/mol. The van der Waals surface area contributed by atoms with E-state index in [1.165, 1.54) is 0 Å². The summed E-state index contributed by atoms with van der Waals surface area (Å²) in [5, 5.41) is 0. The minimum absolute atomic E-state index is 0.240. The molecule has 0 atom stereocenters. The fourth-order valence-corrected chi connectivity index (χ4v) is 2.11. The Morgan fingerprint density at radius 1 is 0.889 bits per heavy atom. The van der Waals surface area contributed by atoms with Crippen LogP contribution in [0.15, 0.2) is 54.6 Å². The van der Waals surface area contributed by atoms with Gasteiger partial charge in [0.15, 0.2) is 0 Å². The summed E-state index contributed by atoms with van der Waals surface area (Å²) in [6, 6.07) is 17.6. The zero-order valence-electron chi connectivity index (χ0n) is 9.80. The van der Waals surface area contributed by atoms with Gasteiger partial charge in [0.1, 0.15) is 6.61 Å². The van der Waals surface area contributed by atoms with E-state index < -0.39 is 0 Å². The second kappa shape index (κ2) is 4.49. The van der Waals surface area contributed by atoms with Crippen LogP contribution >= 0.6 is 0 Å². The first kappa shape index (κ1) is 10.8. The molecule has 0 N–H and O–H groups in total. The number of hydrogen-bond donors (Lipinski definition) is 0. The second-order valence-electron chi connectivity index (χ2n) is 4.20. The number of esters is 1. The summed E-state index contributed by atoms with van der Waals surface area (Å²) in [5.41, 5.74) is 3.76. The molecule has 2 aromatic carbocycles. The molecule has 0 amide bonds. The molecular formula is C16H12O2. The van der Waals surface area contributed by atoms with Crippen molar-refractivity contribution >= 4 is 17.6 Å². The molecule has 2 nitrogen and oxygen atoms in total. The minimum Gasteiger partial charge on any atom is -0.457 e. The van der Waals surface area contributed by atoms with Gasteiger partial charge in [-0.3, -0.25) is 0 Å². The SMILES string of the molecule is O=C1OC/C(=C/c2ccccc2)c2ccccc21. The van der Waals surface area contributed by atoms with Gasteiger partial charge in [-0.25, -0.2) is 4.79 Å². The summed E-state index contributed by atoms with van der Waals surface area (Å²) in [5.74, 6) is -0.240. The van der Waals surface area contributed by atoms with Gasteiger partial charge in [-0.05, 0) is 28.8 Å². The largest absolute Gasteiger partial charge is 0.457 e. The van der Waals surface area contributed by atoms with Crippen LogP contribution in [0.25, 0.3) is 11.6 Å². The maximum atomic E-state index is 11.6. The Morgan fingerprint density at radius 2 is 1.56 bits per heavy atom. The van der Waals surface area contributed by atoms with Gasteiger partial charge in [0.2, 0.25) is 0 Å². The predicted octanol–water partition coefficient (Wildman–Crippen LogP) is 3.40. The van der Waals surface area contributed by atoms with Crippen LogP contribution in [0.3, 0.4) is 0 Å². The van der Waals surface area contributed by atoms with Crippen LogP contribution in [0.4, 0.5) is 0 Å². The van der Waals surface area contributed by atoms with Gasteiger partial charge in [0.25, 0.3) is 0 Å². The van der Waals surface area contributed by atoms with Crippen LogP contribution in [0.5, 0.6) is 0 Å². The Labute approximate surface area is 106 Å². The lowest BCUT2D eigenvalue weighted by atomic mass is 9.96. The summed E-state index contributed by atoms with van der Waals surface area (Å²) in [4.78, 5) is 11.6. The van der Waals surface area contributed by atoms with E-state index in [4.69, 9.17) is 4.74 Å². The first-order valence-electron chi connectivity index (χ1n) is 5.87. The number of benzene rings is 2. The molecule has 1 heterocycles. The number of fused-ring (bicyclic) bond motifs is 1. The highest BCUT2D eigenvalue weighted by molar-refractivity contribution is 6.01.